The predicted molar refractivity (Wildman–Crippen MR) is 143 cm³/mol. The summed E-state index contributed by atoms with van der Waals surface area (Å²) in [5, 5.41) is 8.26. The molecule has 0 atom stereocenters. The highest BCUT2D eigenvalue weighted by atomic mass is 32.2. The van der Waals surface area contributed by atoms with Gasteiger partial charge < -0.3 is 16.0 Å². The second kappa shape index (κ2) is 10.9. The SMILES string of the molecule is CS(=O)(=O)c1cc(NC(=O)Cc2cccc(NC(=O)Nc3ccccc3)c2)ccc1-c1ccccc1. The molecule has 0 saturated heterocycles. The third-order valence-corrected chi connectivity index (χ3v) is 6.47. The summed E-state index contributed by atoms with van der Waals surface area (Å²) in [6.07, 6.45) is 1.19. The van der Waals surface area contributed by atoms with Crippen molar-refractivity contribution < 1.29 is 18.0 Å². The van der Waals surface area contributed by atoms with E-state index in [1.54, 1.807) is 48.5 Å². The number of para-hydroxylation sites is 1. The van der Waals surface area contributed by atoms with Crippen molar-refractivity contribution >= 4 is 38.8 Å². The van der Waals surface area contributed by atoms with Gasteiger partial charge in [-0.2, -0.15) is 0 Å². The number of sulfone groups is 1. The Morgan fingerprint density at radius 1 is 0.667 bits per heavy atom. The molecule has 0 unspecified atom stereocenters. The minimum Gasteiger partial charge on any atom is -0.326 e. The molecule has 0 aliphatic carbocycles. The molecule has 182 valence electrons. The number of rotatable bonds is 7. The van der Waals surface area contributed by atoms with Crippen LogP contribution in [0.1, 0.15) is 5.56 Å². The van der Waals surface area contributed by atoms with E-state index in [1.165, 1.54) is 6.07 Å². The number of amides is 3. The molecule has 0 aliphatic rings. The monoisotopic (exact) mass is 499 g/mol. The van der Waals surface area contributed by atoms with Gasteiger partial charge in [-0.3, -0.25) is 4.79 Å². The van der Waals surface area contributed by atoms with Gasteiger partial charge in [-0.1, -0.05) is 66.7 Å². The van der Waals surface area contributed by atoms with Gasteiger partial charge in [0.05, 0.1) is 11.3 Å². The summed E-state index contributed by atoms with van der Waals surface area (Å²) in [5.74, 6) is -0.312. The summed E-state index contributed by atoms with van der Waals surface area (Å²) in [5.41, 5.74) is 3.63. The summed E-state index contributed by atoms with van der Waals surface area (Å²) in [6, 6.07) is 29.7. The van der Waals surface area contributed by atoms with Crippen LogP contribution in [0.2, 0.25) is 0 Å². The van der Waals surface area contributed by atoms with E-state index in [4.69, 9.17) is 0 Å². The van der Waals surface area contributed by atoms with Crippen molar-refractivity contribution in [3.8, 4) is 11.1 Å². The lowest BCUT2D eigenvalue weighted by atomic mass is 10.1. The number of urea groups is 1. The highest BCUT2D eigenvalue weighted by molar-refractivity contribution is 7.90. The first-order chi connectivity index (χ1) is 17.3. The Labute approximate surface area is 210 Å². The molecule has 0 fully saturated rings. The number of carbonyl (C=O) groups is 2. The maximum absolute atomic E-state index is 12.7. The standard InChI is InChI=1S/C28H25N3O4S/c1-36(34,35)26-19-24(15-16-25(26)21-10-4-2-5-11-21)29-27(32)18-20-9-8-14-23(17-20)31-28(33)30-22-12-6-3-7-13-22/h2-17,19H,18H2,1H3,(H,29,32)(H2,30,31,33). The van der Waals surface area contributed by atoms with Crippen molar-refractivity contribution in [3.05, 3.63) is 109 Å². The summed E-state index contributed by atoms with van der Waals surface area (Å²) in [7, 11) is -3.54. The largest absolute Gasteiger partial charge is 0.326 e. The van der Waals surface area contributed by atoms with Gasteiger partial charge in [-0.25, -0.2) is 13.2 Å². The van der Waals surface area contributed by atoms with Crippen molar-refractivity contribution in [2.45, 2.75) is 11.3 Å². The van der Waals surface area contributed by atoms with Gasteiger partial charge in [0.1, 0.15) is 0 Å². The number of anilines is 3. The Balaban J connectivity index is 1.44. The molecule has 0 aromatic heterocycles. The molecule has 4 rings (SSSR count). The fourth-order valence-electron chi connectivity index (χ4n) is 3.73. The van der Waals surface area contributed by atoms with Gasteiger partial charge >= 0.3 is 6.03 Å². The third kappa shape index (κ3) is 6.58. The van der Waals surface area contributed by atoms with Crippen molar-refractivity contribution in [2.75, 3.05) is 22.2 Å². The van der Waals surface area contributed by atoms with Crippen LogP contribution in [0.15, 0.2) is 108 Å². The molecule has 0 saturated carbocycles. The summed E-state index contributed by atoms with van der Waals surface area (Å²) in [6.45, 7) is 0. The molecule has 0 spiro atoms. The van der Waals surface area contributed by atoms with Crippen LogP contribution < -0.4 is 16.0 Å². The molecule has 0 heterocycles. The zero-order valence-corrected chi connectivity index (χ0v) is 20.4. The number of hydrogen-bond donors (Lipinski definition) is 3. The molecule has 0 radical (unpaired) electrons. The van der Waals surface area contributed by atoms with Crippen molar-refractivity contribution in [1.82, 2.24) is 0 Å². The molecule has 3 amide bonds. The summed E-state index contributed by atoms with van der Waals surface area (Å²) >= 11 is 0. The van der Waals surface area contributed by atoms with Gasteiger partial charge in [0.15, 0.2) is 9.84 Å². The van der Waals surface area contributed by atoms with Gasteiger partial charge in [-0.15, -0.1) is 0 Å². The number of hydrogen-bond acceptors (Lipinski definition) is 4. The van der Waals surface area contributed by atoms with E-state index in [0.29, 0.717) is 28.2 Å². The molecule has 0 aliphatic heterocycles. The smallest absolute Gasteiger partial charge is 0.323 e. The van der Waals surface area contributed by atoms with Crippen LogP contribution in [0.3, 0.4) is 0 Å². The lowest BCUT2D eigenvalue weighted by molar-refractivity contribution is -0.115. The Morgan fingerprint density at radius 2 is 1.28 bits per heavy atom. The molecule has 7 nitrogen and oxygen atoms in total. The van der Waals surface area contributed by atoms with Crippen molar-refractivity contribution in [3.63, 3.8) is 0 Å². The average Bonchev–Trinajstić information content (AvgIpc) is 2.85. The summed E-state index contributed by atoms with van der Waals surface area (Å²) < 4.78 is 24.9. The zero-order valence-electron chi connectivity index (χ0n) is 19.6. The molecule has 3 N–H and O–H groups in total. The van der Waals surface area contributed by atoms with E-state index >= 15 is 0 Å². The Hall–Kier alpha value is -4.43. The third-order valence-electron chi connectivity index (χ3n) is 5.33. The highest BCUT2D eigenvalue weighted by Gasteiger charge is 2.16. The quantitative estimate of drug-likeness (QED) is 0.309. The minimum absolute atomic E-state index is 0.0461. The zero-order chi connectivity index (χ0) is 25.5. The highest BCUT2D eigenvalue weighted by Crippen LogP contribution is 2.30. The maximum Gasteiger partial charge on any atom is 0.323 e. The number of benzene rings is 4. The van der Waals surface area contributed by atoms with Crippen LogP contribution in [-0.2, 0) is 21.1 Å². The van der Waals surface area contributed by atoms with Crippen LogP contribution in [0.5, 0.6) is 0 Å². The Kier molecular flexibility index (Phi) is 7.46. The summed E-state index contributed by atoms with van der Waals surface area (Å²) in [4.78, 5) is 25.1. The first-order valence-corrected chi connectivity index (χ1v) is 13.1. The fraction of sp³-hybridized carbons (Fsp3) is 0.0714. The van der Waals surface area contributed by atoms with Crippen LogP contribution in [0, 0.1) is 0 Å². The predicted octanol–water partition coefficient (Wildman–Crippen LogP) is 5.58. The fourth-order valence-corrected chi connectivity index (χ4v) is 4.65. The van der Waals surface area contributed by atoms with Crippen LogP contribution in [0.4, 0.5) is 21.9 Å². The lowest BCUT2D eigenvalue weighted by Crippen LogP contribution is -2.19. The van der Waals surface area contributed by atoms with Crippen LogP contribution >= 0.6 is 0 Å². The number of carbonyl (C=O) groups excluding carboxylic acids is 2. The molecule has 4 aromatic rings. The average molecular weight is 500 g/mol. The Bertz CT molecular complexity index is 1490. The van der Waals surface area contributed by atoms with Crippen molar-refractivity contribution in [2.24, 2.45) is 0 Å². The van der Waals surface area contributed by atoms with E-state index in [0.717, 1.165) is 11.8 Å². The second-order valence-electron chi connectivity index (χ2n) is 8.22. The van der Waals surface area contributed by atoms with Gasteiger partial charge in [0.25, 0.3) is 0 Å². The van der Waals surface area contributed by atoms with Crippen LogP contribution in [0.25, 0.3) is 11.1 Å². The number of nitrogens with one attached hydrogen (secondary N) is 3. The molecule has 36 heavy (non-hydrogen) atoms. The van der Waals surface area contributed by atoms with Gasteiger partial charge in [0, 0.05) is 28.9 Å². The van der Waals surface area contributed by atoms with E-state index < -0.39 is 15.9 Å². The molecular weight excluding hydrogens is 474 g/mol. The molecule has 0 bridgehead atoms. The first-order valence-electron chi connectivity index (χ1n) is 11.2. The van der Waals surface area contributed by atoms with E-state index in [9.17, 15) is 18.0 Å². The maximum atomic E-state index is 12.7. The lowest BCUT2D eigenvalue weighted by Gasteiger charge is -2.12. The van der Waals surface area contributed by atoms with Gasteiger partial charge in [-0.05, 0) is 47.5 Å². The van der Waals surface area contributed by atoms with E-state index in [2.05, 4.69) is 16.0 Å². The molecule has 4 aromatic carbocycles. The molecular formula is C28H25N3O4S. The van der Waals surface area contributed by atoms with Crippen molar-refractivity contribution in [1.29, 1.82) is 0 Å². The second-order valence-corrected chi connectivity index (χ2v) is 10.2. The van der Waals surface area contributed by atoms with Gasteiger partial charge in [0.2, 0.25) is 5.91 Å². The van der Waals surface area contributed by atoms with E-state index in [1.807, 2.05) is 48.5 Å². The van der Waals surface area contributed by atoms with Crippen LogP contribution in [-0.4, -0.2) is 26.6 Å². The van der Waals surface area contributed by atoms with E-state index in [-0.39, 0.29) is 17.2 Å². The topological polar surface area (TPSA) is 104 Å². The first kappa shape index (κ1) is 24.7. The minimum atomic E-state index is -3.54. The Morgan fingerprint density at radius 3 is 1.97 bits per heavy atom. The normalized spacial score (nSPS) is 10.9. The molecule has 8 heteroatoms.